The first-order chi connectivity index (χ1) is 7.78. The summed E-state index contributed by atoms with van der Waals surface area (Å²) in [5.74, 6) is 0. The fourth-order valence-electron chi connectivity index (χ4n) is 1.55. The molecule has 0 atom stereocenters. The highest BCUT2D eigenvalue weighted by atomic mass is 32.1. The van der Waals surface area contributed by atoms with Gasteiger partial charge in [-0.15, -0.1) is 11.3 Å². The minimum Gasteiger partial charge on any atom is -0.357 e. The van der Waals surface area contributed by atoms with Crippen molar-refractivity contribution in [2.24, 2.45) is 0 Å². The molecule has 0 saturated carbocycles. The van der Waals surface area contributed by atoms with Gasteiger partial charge in [0.15, 0.2) is 5.13 Å². The molecule has 0 aliphatic carbocycles. The maximum absolute atomic E-state index is 4.33. The van der Waals surface area contributed by atoms with Gasteiger partial charge in [0, 0.05) is 17.6 Å². The van der Waals surface area contributed by atoms with Crippen LogP contribution in [0.5, 0.6) is 0 Å². The van der Waals surface area contributed by atoms with Gasteiger partial charge < -0.3 is 5.32 Å². The van der Waals surface area contributed by atoms with Crippen LogP contribution in [0.3, 0.4) is 0 Å². The third-order valence-corrected chi connectivity index (χ3v) is 3.53. The number of hydrogen-bond donors (Lipinski definition) is 1. The zero-order chi connectivity index (χ0) is 11.4. The summed E-state index contributed by atoms with van der Waals surface area (Å²) in [5.41, 5.74) is 2.60. The highest BCUT2D eigenvalue weighted by molar-refractivity contribution is 7.15. The van der Waals surface area contributed by atoms with Crippen molar-refractivity contribution < 1.29 is 0 Å². The van der Waals surface area contributed by atoms with Crippen molar-refractivity contribution in [3.05, 3.63) is 46.5 Å². The van der Waals surface area contributed by atoms with Crippen molar-refractivity contribution in [1.29, 1.82) is 0 Å². The summed E-state index contributed by atoms with van der Waals surface area (Å²) in [6.07, 6.45) is 3.01. The van der Waals surface area contributed by atoms with E-state index in [1.54, 1.807) is 11.3 Å². The lowest BCUT2D eigenvalue weighted by atomic mass is 10.1. The molecule has 84 valence electrons. The smallest absolute Gasteiger partial charge is 0.183 e. The van der Waals surface area contributed by atoms with Crippen LogP contribution >= 0.6 is 11.3 Å². The number of benzene rings is 1. The molecular weight excluding hydrogens is 216 g/mol. The van der Waals surface area contributed by atoms with E-state index in [2.05, 4.69) is 48.4 Å². The van der Waals surface area contributed by atoms with Crippen LogP contribution in [0.2, 0.25) is 0 Å². The summed E-state index contributed by atoms with van der Waals surface area (Å²) in [6, 6.07) is 8.53. The van der Waals surface area contributed by atoms with Crippen molar-refractivity contribution in [1.82, 2.24) is 4.98 Å². The molecule has 0 aliphatic heterocycles. The van der Waals surface area contributed by atoms with E-state index < -0.39 is 0 Å². The van der Waals surface area contributed by atoms with Gasteiger partial charge >= 0.3 is 0 Å². The Morgan fingerprint density at radius 1 is 1.38 bits per heavy atom. The first kappa shape index (κ1) is 11.1. The predicted molar refractivity (Wildman–Crippen MR) is 70.0 cm³/mol. The highest BCUT2D eigenvalue weighted by Crippen LogP contribution is 2.19. The number of aromatic nitrogens is 1. The van der Waals surface area contributed by atoms with Gasteiger partial charge in [-0.25, -0.2) is 4.98 Å². The van der Waals surface area contributed by atoms with Gasteiger partial charge in [0.2, 0.25) is 0 Å². The molecule has 0 unspecified atom stereocenters. The Morgan fingerprint density at radius 3 is 2.94 bits per heavy atom. The molecule has 0 saturated heterocycles. The van der Waals surface area contributed by atoms with Crippen LogP contribution in [-0.4, -0.2) is 4.98 Å². The van der Waals surface area contributed by atoms with Gasteiger partial charge in [0.05, 0.1) is 0 Å². The molecule has 2 nitrogen and oxygen atoms in total. The van der Waals surface area contributed by atoms with Crippen molar-refractivity contribution in [3.8, 4) is 0 Å². The number of thiazole rings is 1. The molecule has 16 heavy (non-hydrogen) atoms. The topological polar surface area (TPSA) is 24.9 Å². The summed E-state index contributed by atoms with van der Waals surface area (Å²) in [6.45, 7) is 5.11. The van der Waals surface area contributed by atoms with Gasteiger partial charge in [-0.3, -0.25) is 0 Å². The normalized spacial score (nSPS) is 10.4. The fraction of sp³-hybridized carbons (Fsp3) is 0.308. The molecule has 0 aliphatic rings. The molecule has 2 rings (SSSR count). The van der Waals surface area contributed by atoms with E-state index in [9.17, 15) is 0 Å². The van der Waals surface area contributed by atoms with Crippen LogP contribution in [0.25, 0.3) is 0 Å². The Balaban J connectivity index is 1.96. The van der Waals surface area contributed by atoms with E-state index in [0.29, 0.717) is 0 Å². The quantitative estimate of drug-likeness (QED) is 0.870. The second-order valence-electron chi connectivity index (χ2n) is 3.83. The van der Waals surface area contributed by atoms with Gasteiger partial charge in [0.25, 0.3) is 0 Å². The van der Waals surface area contributed by atoms with Crippen LogP contribution in [0, 0.1) is 6.92 Å². The van der Waals surface area contributed by atoms with Gasteiger partial charge in [0.1, 0.15) is 0 Å². The Kier molecular flexibility index (Phi) is 3.57. The number of rotatable bonds is 4. The average molecular weight is 232 g/mol. The van der Waals surface area contributed by atoms with Crippen LogP contribution < -0.4 is 5.32 Å². The highest BCUT2D eigenvalue weighted by Gasteiger charge is 1.99. The lowest BCUT2D eigenvalue weighted by molar-refractivity contribution is 1.12. The second-order valence-corrected chi connectivity index (χ2v) is 4.94. The third kappa shape index (κ3) is 2.83. The molecule has 1 N–H and O–H groups in total. The molecule has 1 aromatic carbocycles. The molecule has 0 fully saturated rings. The zero-order valence-corrected chi connectivity index (χ0v) is 10.5. The molecule has 1 heterocycles. The maximum Gasteiger partial charge on any atom is 0.183 e. The third-order valence-electron chi connectivity index (χ3n) is 2.43. The van der Waals surface area contributed by atoms with Gasteiger partial charge in [-0.2, -0.15) is 0 Å². The van der Waals surface area contributed by atoms with Crippen molar-refractivity contribution >= 4 is 16.5 Å². The number of nitrogens with one attached hydrogen (secondary N) is 1. The minimum atomic E-state index is 0.846. The molecular formula is C13H16N2S. The maximum atomic E-state index is 4.33. The summed E-state index contributed by atoms with van der Waals surface area (Å²) in [5, 5.41) is 4.36. The SMILES string of the molecule is CCc1cnc(NCc2cccc(C)c2)s1. The van der Waals surface area contributed by atoms with Crippen molar-refractivity contribution in [3.63, 3.8) is 0 Å². The van der Waals surface area contributed by atoms with Crippen LogP contribution in [0.15, 0.2) is 30.5 Å². The van der Waals surface area contributed by atoms with Gasteiger partial charge in [-0.05, 0) is 18.9 Å². The Bertz CT molecular complexity index is 462. The van der Waals surface area contributed by atoms with E-state index in [-0.39, 0.29) is 0 Å². The van der Waals surface area contributed by atoms with Crippen LogP contribution in [0.4, 0.5) is 5.13 Å². The van der Waals surface area contributed by atoms with E-state index in [0.717, 1.165) is 18.1 Å². The second kappa shape index (κ2) is 5.12. The lowest BCUT2D eigenvalue weighted by Gasteiger charge is -2.03. The molecule has 2 aromatic rings. The standard InChI is InChI=1S/C13H16N2S/c1-3-12-9-15-13(16-12)14-8-11-6-4-5-10(2)7-11/h4-7,9H,3,8H2,1-2H3,(H,14,15). The van der Waals surface area contributed by atoms with E-state index in [4.69, 9.17) is 0 Å². The summed E-state index contributed by atoms with van der Waals surface area (Å²) < 4.78 is 0. The zero-order valence-electron chi connectivity index (χ0n) is 9.66. The molecule has 0 bridgehead atoms. The van der Waals surface area contributed by atoms with Crippen LogP contribution in [0.1, 0.15) is 22.9 Å². The van der Waals surface area contributed by atoms with E-state index >= 15 is 0 Å². The lowest BCUT2D eigenvalue weighted by Crippen LogP contribution is -1.98. The molecule has 0 spiro atoms. The van der Waals surface area contributed by atoms with E-state index in [1.807, 2.05) is 6.20 Å². The fourth-order valence-corrected chi connectivity index (χ4v) is 2.30. The first-order valence-corrected chi connectivity index (χ1v) is 6.33. The van der Waals surface area contributed by atoms with Crippen molar-refractivity contribution in [2.45, 2.75) is 26.8 Å². The van der Waals surface area contributed by atoms with E-state index in [1.165, 1.54) is 16.0 Å². The summed E-state index contributed by atoms with van der Waals surface area (Å²) >= 11 is 1.73. The average Bonchev–Trinajstić information content (AvgIpc) is 2.74. The Labute approximate surface area is 100 Å². The number of nitrogens with zero attached hydrogens (tertiary/aromatic N) is 1. The Morgan fingerprint density at radius 2 is 2.25 bits per heavy atom. The minimum absolute atomic E-state index is 0.846. The number of anilines is 1. The largest absolute Gasteiger partial charge is 0.357 e. The van der Waals surface area contributed by atoms with Gasteiger partial charge in [-0.1, -0.05) is 36.8 Å². The monoisotopic (exact) mass is 232 g/mol. The Hall–Kier alpha value is -1.35. The van der Waals surface area contributed by atoms with Crippen LogP contribution in [-0.2, 0) is 13.0 Å². The molecule has 3 heteroatoms. The summed E-state index contributed by atoms with van der Waals surface area (Å²) in [4.78, 5) is 5.66. The number of hydrogen-bond acceptors (Lipinski definition) is 3. The first-order valence-electron chi connectivity index (χ1n) is 5.52. The number of aryl methyl sites for hydroxylation is 2. The van der Waals surface area contributed by atoms with Crippen molar-refractivity contribution in [2.75, 3.05) is 5.32 Å². The summed E-state index contributed by atoms with van der Waals surface area (Å²) in [7, 11) is 0. The molecule has 0 amide bonds. The molecule has 0 radical (unpaired) electrons. The predicted octanol–water partition coefficient (Wildman–Crippen LogP) is 3.63. The molecule has 1 aromatic heterocycles.